The molecule has 8 heteroatoms. The van der Waals surface area contributed by atoms with Gasteiger partial charge in [-0.2, -0.15) is 0 Å². The number of anilines is 1. The van der Waals surface area contributed by atoms with Crippen molar-refractivity contribution >= 4 is 11.6 Å². The maximum Gasteiger partial charge on any atom is 0.221 e. The van der Waals surface area contributed by atoms with Crippen molar-refractivity contribution in [3.63, 3.8) is 0 Å². The minimum atomic E-state index is -0.543. The Morgan fingerprint density at radius 2 is 1.64 bits per heavy atom. The predicted molar refractivity (Wildman–Crippen MR) is 148 cm³/mol. The topological polar surface area (TPSA) is 89.5 Å². The van der Waals surface area contributed by atoms with Gasteiger partial charge in [0.15, 0.2) is 17.8 Å². The van der Waals surface area contributed by atoms with Gasteiger partial charge >= 0.3 is 0 Å². The lowest BCUT2D eigenvalue weighted by molar-refractivity contribution is -0.253. The standard InChI is InChI=1S/C31H36N2O6/c1-20(35)32-26-10-8-23(9-11-26)31-38-27(16-28(39-31)22-6-4-21(19-34)5-7-22)18-33-13-12-24-14-29(36-2)30(37-3)15-25(24)17-33/h4-11,14-15,27-28,31,34H,12-13,16-19H2,1-3H3,(H,32,35)/t27-,28+,31+/m0/s1. The lowest BCUT2D eigenvalue weighted by atomic mass is 9.97. The molecule has 0 aromatic heterocycles. The number of aliphatic hydroxyl groups is 1. The highest BCUT2D eigenvalue weighted by molar-refractivity contribution is 5.88. The molecule has 2 N–H and O–H groups in total. The van der Waals surface area contributed by atoms with Crippen molar-refractivity contribution in [2.45, 2.75) is 51.4 Å². The Morgan fingerprint density at radius 1 is 0.974 bits per heavy atom. The maximum atomic E-state index is 11.4. The van der Waals surface area contributed by atoms with Crippen molar-refractivity contribution < 1.29 is 28.8 Å². The van der Waals surface area contributed by atoms with Crippen LogP contribution in [0.4, 0.5) is 5.69 Å². The van der Waals surface area contributed by atoms with Gasteiger partial charge in [-0.1, -0.05) is 36.4 Å². The fraction of sp³-hybridized carbons (Fsp3) is 0.387. The van der Waals surface area contributed by atoms with Crippen molar-refractivity contribution in [3.05, 3.63) is 88.5 Å². The molecule has 0 saturated carbocycles. The first-order chi connectivity index (χ1) is 18.9. The van der Waals surface area contributed by atoms with E-state index in [-0.39, 0.29) is 24.7 Å². The monoisotopic (exact) mass is 532 g/mol. The van der Waals surface area contributed by atoms with Crippen molar-refractivity contribution in [3.8, 4) is 11.5 Å². The van der Waals surface area contributed by atoms with Crippen molar-refractivity contribution in [1.29, 1.82) is 0 Å². The van der Waals surface area contributed by atoms with E-state index in [1.54, 1.807) is 14.2 Å². The number of benzene rings is 3. The number of ether oxygens (including phenoxy) is 4. The molecule has 0 spiro atoms. The van der Waals surface area contributed by atoms with Gasteiger partial charge in [0.2, 0.25) is 5.91 Å². The number of nitrogens with one attached hydrogen (secondary N) is 1. The van der Waals surface area contributed by atoms with Gasteiger partial charge < -0.3 is 29.4 Å². The molecule has 39 heavy (non-hydrogen) atoms. The molecule has 2 heterocycles. The zero-order valence-corrected chi connectivity index (χ0v) is 22.7. The summed E-state index contributed by atoms with van der Waals surface area (Å²) in [5.74, 6) is 1.40. The Balaban J connectivity index is 1.34. The SMILES string of the molecule is COc1cc2c(cc1OC)CN(C[C@@H]1C[C@H](c3ccc(CO)cc3)O[C@H](c3ccc(NC(C)=O)cc3)O1)CC2. The number of nitrogens with zero attached hydrogens (tertiary/aromatic N) is 1. The molecule has 1 amide bonds. The molecule has 3 aromatic carbocycles. The van der Waals surface area contributed by atoms with E-state index in [1.165, 1.54) is 18.1 Å². The van der Waals surface area contributed by atoms with Gasteiger partial charge in [0.1, 0.15) is 0 Å². The molecular formula is C31H36N2O6. The second-order valence-corrected chi connectivity index (χ2v) is 10.1. The lowest BCUT2D eigenvalue weighted by Gasteiger charge is -2.39. The Bertz CT molecular complexity index is 1280. The first-order valence-electron chi connectivity index (χ1n) is 13.3. The molecule has 3 atom stereocenters. The molecule has 0 aliphatic carbocycles. The van der Waals surface area contributed by atoms with E-state index in [4.69, 9.17) is 18.9 Å². The third-order valence-corrected chi connectivity index (χ3v) is 7.38. The lowest BCUT2D eigenvalue weighted by Crippen LogP contribution is -2.41. The summed E-state index contributed by atoms with van der Waals surface area (Å²) < 4.78 is 24.0. The van der Waals surface area contributed by atoms with Crippen molar-refractivity contribution in [2.75, 3.05) is 32.6 Å². The number of hydrogen-bond donors (Lipinski definition) is 2. The Kier molecular flexibility index (Phi) is 8.47. The van der Waals surface area contributed by atoms with Crippen molar-refractivity contribution in [2.24, 2.45) is 0 Å². The largest absolute Gasteiger partial charge is 0.493 e. The third-order valence-electron chi connectivity index (χ3n) is 7.38. The molecule has 2 aliphatic heterocycles. The molecular weight excluding hydrogens is 496 g/mol. The summed E-state index contributed by atoms with van der Waals surface area (Å²) >= 11 is 0. The highest BCUT2D eigenvalue weighted by Crippen LogP contribution is 2.39. The van der Waals surface area contributed by atoms with Gasteiger partial charge in [0.25, 0.3) is 0 Å². The average molecular weight is 533 g/mol. The summed E-state index contributed by atoms with van der Waals surface area (Å²) in [6.07, 6.45) is 0.896. The number of rotatable bonds is 8. The normalized spacial score (nSPS) is 21.2. The molecule has 0 radical (unpaired) electrons. The number of fused-ring (bicyclic) bond motifs is 1. The van der Waals surface area contributed by atoms with Gasteiger partial charge in [-0.05, 0) is 52.9 Å². The Hall–Kier alpha value is -3.43. The highest BCUT2D eigenvalue weighted by atomic mass is 16.7. The van der Waals surface area contributed by atoms with Gasteiger partial charge in [-0.25, -0.2) is 0 Å². The highest BCUT2D eigenvalue weighted by Gasteiger charge is 2.34. The minimum absolute atomic E-state index is 0.00784. The van der Waals surface area contributed by atoms with Crippen LogP contribution in [-0.2, 0) is 33.8 Å². The molecule has 0 unspecified atom stereocenters. The Labute approximate surface area is 229 Å². The molecule has 206 valence electrons. The van der Waals surface area contributed by atoms with Crippen LogP contribution in [-0.4, -0.2) is 49.3 Å². The number of carbonyl (C=O) groups is 1. The zero-order valence-electron chi connectivity index (χ0n) is 22.7. The number of amides is 1. The minimum Gasteiger partial charge on any atom is -0.493 e. The molecule has 8 nitrogen and oxygen atoms in total. The number of carbonyl (C=O) groups excluding carboxylic acids is 1. The van der Waals surface area contributed by atoms with E-state index < -0.39 is 6.29 Å². The van der Waals surface area contributed by atoms with Crippen LogP contribution in [0.2, 0.25) is 0 Å². The summed E-state index contributed by atoms with van der Waals surface area (Å²) in [4.78, 5) is 13.9. The maximum absolute atomic E-state index is 11.4. The second-order valence-electron chi connectivity index (χ2n) is 10.1. The van der Waals surface area contributed by atoms with E-state index >= 15 is 0 Å². The smallest absolute Gasteiger partial charge is 0.221 e. The molecule has 1 saturated heterocycles. The predicted octanol–water partition coefficient (Wildman–Crippen LogP) is 4.76. The first kappa shape index (κ1) is 27.1. The van der Waals surface area contributed by atoms with E-state index in [1.807, 2.05) is 48.5 Å². The van der Waals surface area contributed by atoms with E-state index in [9.17, 15) is 9.90 Å². The van der Waals surface area contributed by atoms with Gasteiger partial charge in [-0.15, -0.1) is 0 Å². The summed E-state index contributed by atoms with van der Waals surface area (Å²) in [7, 11) is 3.33. The number of methoxy groups -OCH3 is 2. The summed E-state index contributed by atoms with van der Waals surface area (Å²) in [5, 5.41) is 12.3. The molecule has 1 fully saturated rings. The zero-order chi connectivity index (χ0) is 27.4. The van der Waals surface area contributed by atoms with E-state index in [0.717, 1.165) is 59.9 Å². The molecule has 3 aromatic rings. The van der Waals surface area contributed by atoms with Crippen LogP contribution in [0.25, 0.3) is 0 Å². The fourth-order valence-corrected chi connectivity index (χ4v) is 5.35. The number of aliphatic hydroxyl groups excluding tert-OH is 1. The van der Waals surface area contributed by atoms with Gasteiger partial charge in [-0.3, -0.25) is 9.69 Å². The fourth-order valence-electron chi connectivity index (χ4n) is 5.35. The van der Waals surface area contributed by atoms with Crippen LogP contribution in [0.3, 0.4) is 0 Å². The average Bonchev–Trinajstić information content (AvgIpc) is 2.96. The first-order valence-corrected chi connectivity index (χ1v) is 13.3. The van der Waals surface area contributed by atoms with Crippen LogP contribution in [0, 0.1) is 0 Å². The van der Waals surface area contributed by atoms with Gasteiger partial charge in [0.05, 0.1) is 33.0 Å². The van der Waals surface area contributed by atoms with Crippen LogP contribution >= 0.6 is 0 Å². The Morgan fingerprint density at radius 3 is 2.28 bits per heavy atom. The van der Waals surface area contributed by atoms with E-state index in [0.29, 0.717) is 6.42 Å². The van der Waals surface area contributed by atoms with Crippen LogP contribution < -0.4 is 14.8 Å². The summed E-state index contributed by atoms with van der Waals surface area (Å²) in [6, 6.07) is 19.7. The van der Waals surface area contributed by atoms with E-state index in [2.05, 4.69) is 22.3 Å². The second kappa shape index (κ2) is 12.2. The summed E-state index contributed by atoms with van der Waals surface area (Å²) in [5.41, 5.74) is 6.08. The van der Waals surface area contributed by atoms with Crippen LogP contribution in [0.1, 0.15) is 53.6 Å². The van der Waals surface area contributed by atoms with Gasteiger partial charge in [0, 0.05) is 44.2 Å². The van der Waals surface area contributed by atoms with Crippen LogP contribution in [0.5, 0.6) is 11.5 Å². The van der Waals surface area contributed by atoms with Crippen LogP contribution in [0.15, 0.2) is 60.7 Å². The molecule has 0 bridgehead atoms. The molecule has 2 aliphatic rings. The third kappa shape index (κ3) is 6.42. The molecule has 5 rings (SSSR count). The van der Waals surface area contributed by atoms with Crippen molar-refractivity contribution in [1.82, 2.24) is 4.90 Å². The number of hydrogen-bond acceptors (Lipinski definition) is 7. The summed E-state index contributed by atoms with van der Waals surface area (Å²) in [6.45, 7) is 4.00. The quantitative estimate of drug-likeness (QED) is 0.433.